The maximum Gasteiger partial charge on any atom is 0.237 e. The predicted octanol–water partition coefficient (Wildman–Crippen LogP) is 5.69. The second kappa shape index (κ2) is 7.95. The number of nitrogens with zero attached hydrogens (tertiary/aromatic N) is 1. The highest BCUT2D eigenvalue weighted by molar-refractivity contribution is 8.00. The molecule has 1 aromatic heterocycles. The molecule has 7 heteroatoms. The Morgan fingerprint density at radius 1 is 1.16 bits per heavy atom. The van der Waals surface area contributed by atoms with Gasteiger partial charge in [0.15, 0.2) is 0 Å². The van der Waals surface area contributed by atoms with E-state index in [1.54, 1.807) is 24.3 Å². The zero-order chi connectivity index (χ0) is 17.8. The van der Waals surface area contributed by atoms with Crippen molar-refractivity contribution in [2.75, 3.05) is 11.1 Å². The Morgan fingerprint density at radius 3 is 2.68 bits per heavy atom. The molecule has 0 saturated carbocycles. The quantitative estimate of drug-likeness (QED) is 0.566. The number of aryl methyl sites for hydroxylation is 1. The number of benzene rings is 2. The zero-order valence-corrected chi connectivity index (χ0v) is 15.6. The van der Waals surface area contributed by atoms with Crippen LogP contribution < -0.4 is 5.32 Å². The molecule has 0 aliphatic heterocycles. The number of halogens is 2. The van der Waals surface area contributed by atoms with E-state index in [4.69, 9.17) is 27.7 Å². The van der Waals surface area contributed by atoms with Crippen molar-refractivity contribution in [3.63, 3.8) is 0 Å². The molecular weight excluding hydrogens is 379 g/mol. The van der Waals surface area contributed by atoms with Gasteiger partial charge in [-0.3, -0.25) is 10.1 Å². The van der Waals surface area contributed by atoms with Crippen molar-refractivity contribution in [2.24, 2.45) is 0 Å². The predicted molar refractivity (Wildman–Crippen MR) is 102 cm³/mol. The molecule has 0 atom stereocenters. The number of nitrogens with one attached hydrogen (secondary N) is 1. The van der Waals surface area contributed by atoms with E-state index in [0.717, 1.165) is 16.0 Å². The molecule has 25 heavy (non-hydrogen) atoms. The topological polar surface area (TPSA) is 55.1 Å². The summed E-state index contributed by atoms with van der Waals surface area (Å²) < 4.78 is 5.18. The summed E-state index contributed by atoms with van der Waals surface area (Å²) in [6.45, 7) is 2.02. The number of aromatic nitrogens is 1. The van der Waals surface area contributed by atoms with Gasteiger partial charge in [0.2, 0.25) is 11.8 Å². The number of hydrogen-bond acceptors (Lipinski definition) is 4. The van der Waals surface area contributed by atoms with Gasteiger partial charge < -0.3 is 4.52 Å². The van der Waals surface area contributed by atoms with Gasteiger partial charge in [-0.2, -0.15) is 0 Å². The standard InChI is InChI=1S/C18H14Cl2N2O2S/c1-11-2-4-12(5-3-11)15-9-18(24-22-15)21-17(23)10-25-16-8-13(19)6-7-14(16)20/h2-9H,10H2,1H3,(H,21,23). The number of rotatable bonds is 5. The summed E-state index contributed by atoms with van der Waals surface area (Å²) in [6.07, 6.45) is 0. The maximum absolute atomic E-state index is 12.1. The normalized spacial score (nSPS) is 10.7. The Balaban J connectivity index is 1.60. The lowest BCUT2D eigenvalue weighted by atomic mass is 10.1. The van der Waals surface area contributed by atoms with Gasteiger partial charge in [-0.15, -0.1) is 11.8 Å². The second-order valence-corrected chi connectivity index (χ2v) is 7.21. The van der Waals surface area contributed by atoms with Gasteiger partial charge in [0.25, 0.3) is 0 Å². The Morgan fingerprint density at radius 2 is 1.92 bits per heavy atom. The highest BCUT2D eigenvalue weighted by Gasteiger charge is 2.11. The average molecular weight is 393 g/mol. The molecule has 2 aromatic carbocycles. The third kappa shape index (κ3) is 4.78. The number of anilines is 1. The number of amides is 1. The monoisotopic (exact) mass is 392 g/mol. The van der Waals surface area contributed by atoms with Crippen LogP contribution in [-0.2, 0) is 4.79 Å². The third-order valence-corrected chi connectivity index (χ3v) is 5.10. The molecule has 1 heterocycles. The summed E-state index contributed by atoms with van der Waals surface area (Å²) in [5.41, 5.74) is 2.76. The number of hydrogen-bond donors (Lipinski definition) is 1. The van der Waals surface area contributed by atoms with Crippen LogP contribution in [0.5, 0.6) is 0 Å². The molecule has 0 spiro atoms. The van der Waals surface area contributed by atoms with Crippen LogP contribution in [0.4, 0.5) is 5.88 Å². The highest BCUT2D eigenvalue weighted by atomic mass is 35.5. The number of carbonyl (C=O) groups excluding carboxylic acids is 1. The highest BCUT2D eigenvalue weighted by Crippen LogP contribution is 2.30. The van der Waals surface area contributed by atoms with Crippen molar-refractivity contribution in [1.29, 1.82) is 0 Å². The summed E-state index contributed by atoms with van der Waals surface area (Å²) in [5, 5.41) is 7.79. The van der Waals surface area contributed by atoms with E-state index in [-0.39, 0.29) is 11.7 Å². The van der Waals surface area contributed by atoms with Crippen molar-refractivity contribution >= 4 is 46.8 Å². The summed E-state index contributed by atoms with van der Waals surface area (Å²) in [5.74, 6) is 0.270. The molecule has 3 aromatic rings. The van der Waals surface area contributed by atoms with E-state index in [0.29, 0.717) is 21.6 Å². The Kier molecular flexibility index (Phi) is 5.68. The fourth-order valence-electron chi connectivity index (χ4n) is 2.10. The van der Waals surface area contributed by atoms with Crippen LogP contribution in [0.2, 0.25) is 10.0 Å². The molecule has 3 rings (SSSR count). The molecule has 1 N–H and O–H groups in total. The number of carbonyl (C=O) groups is 1. The number of thioether (sulfide) groups is 1. The first-order valence-corrected chi connectivity index (χ1v) is 9.17. The van der Waals surface area contributed by atoms with Crippen LogP contribution in [0.15, 0.2) is 57.9 Å². The van der Waals surface area contributed by atoms with Crippen LogP contribution in [0.3, 0.4) is 0 Å². The molecule has 0 fully saturated rings. The maximum atomic E-state index is 12.1. The van der Waals surface area contributed by atoms with E-state index in [2.05, 4.69) is 10.5 Å². The first-order chi connectivity index (χ1) is 12.0. The van der Waals surface area contributed by atoms with Crippen LogP contribution in [-0.4, -0.2) is 16.8 Å². The Labute approximate surface area is 159 Å². The fourth-order valence-corrected chi connectivity index (χ4v) is 3.39. The van der Waals surface area contributed by atoms with E-state index < -0.39 is 0 Å². The molecule has 4 nitrogen and oxygen atoms in total. The van der Waals surface area contributed by atoms with Gasteiger partial charge in [-0.25, -0.2) is 0 Å². The Bertz CT molecular complexity index is 894. The molecule has 0 aliphatic carbocycles. The van der Waals surface area contributed by atoms with Crippen molar-refractivity contribution in [3.8, 4) is 11.3 Å². The zero-order valence-electron chi connectivity index (χ0n) is 13.3. The van der Waals surface area contributed by atoms with E-state index in [1.807, 2.05) is 31.2 Å². The first kappa shape index (κ1) is 17.9. The van der Waals surface area contributed by atoms with Gasteiger partial charge in [0, 0.05) is 21.5 Å². The molecule has 0 aliphatic rings. The largest absolute Gasteiger partial charge is 0.338 e. The summed E-state index contributed by atoms with van der Waals surface area (Å²) in [7, 11) is 0. The van der Waals surface area contributed by atoms with E-state index in [1.165, 1.54) is 11.8 Å². The van der Waals surface area contributed by atoms with Crippen molar-refractivity contribution < 1.29 is 9.32 Å². The minimum atomic E-state index is -0.215. The van der Waals surface area contributed by atoms with Crippen molar-refractivity contribution in [1.82, 2.24) is 5.16 Å². The first-order valence-electron chi connectivity index (χ1n) is 7.43. The molecule has 1 amide bonds. The van der Waals surface area contributed by atoms with E-state index >= 15 is 0 Å². The Hall–Kier alpha value is -1.95. The van der Waals surface area contributed by atoms with Crippen molar-refractivity contribution in [3.05, 3.63) is 64.1 Å². The minimum Gasteiger partial charge on any atom is -0.338 e. The smallest absolute Gasteiger partial charge is 0.237 e. The van der Waals surface area contributed by atoms with Crippen LogP contribution >= 0.6 is 35.0 Å². The molecule has 128 valence electrons. The lowest BCUT2D eigenvalue weighted by Gasteiger charge is -2.04. The lowest BCUT2D eigenvalue weighted by molar-refractivity contribution is -0.113. The third-order valence-electron chi connectivity index (χ3n) is 3.37. The van der Waals surface area contributed by atoms with Gasteiger partial charge in [-0.1, -0.05) is 58.2 Å². The van der Waals surface area contributed by atoms with E-state index in [9.17, 15) is 4.79 Å². The summed E-state index contributed by atoms with van der Waals surface area (Å²) in [4.78, 5) is 12.8. The lowest BCUT2D eigenvalue weighted by Crippen LogP contribution is -2.13. The molecule has 0 bridgehead atoms. The summed E-state index contributed by atoms with van der Waals surface area (Å²) in [6, 6.07) is 14.7. The van der Waals surface area contributed by atoms with Crippen LogP contribution in [0.1, 0.15) is 5.56 Å². The molecule has 0 unspecified atom stereocenters. The van der Waals surface area contributed by atoms with Gasteiger partial charge in [-0.05, 0) is 25.1 Å². The van der Waals surface area contributed by atoms with Crippen molar-refractivity contribution in [2.45, 2.75) is 11.8 Å². The van der Waals surface area contributed by atoms with Gasteiger partial charge >= 0.3 is 0 Å². The van der Waals surface area contributed by atoms with Gasteiger partial charge in [0.05, 0.1) is 10.8 Å². The average Bonchev–Trinajstić information content (AvgIpc) is 3.05. The second-order valence-electron chi connectivity index (χ2n) is 5.35. The van der Waals surface area contributed by atoms with Crippen LogP contribution in [0.25, 0.3) is 11.3 Å². The minimum absolute atomic E-state index is 0.181. The molecule has 0 radical (unpaired) electrons. The molecule has 0 saturated heterocycles. The SMILES string of the molecule is Cc1ccc(-c2cc(NC(=O)CSc3cc(Cl)ccc3Cl)on2)cc1. The fraction of sp³-hybridized carbons (Fsp3) is 0.111. The summed E-state index contributed by atoms with van der Waals surface area (Å²) >= 11 is 13.3. The van der Waals surface area contributed by atoms with Gasteiger partial charge in [0.1, 0.15) is 5.69 Å². The molecular formula is C18H14Cl2N2O2S. The van der Waals surface area contributed by atoms with Crippen LogP contribution in [0, 0.1) is 6.92 Å².